The smallest absolute Gasteiger partial charge is 0.410 e. The van der Waals surface area contributed by atoms with Crippen LogP contribution in [-0.4, -0.2) is 61.0 Å². The zero-order chi connectivity index (χ0) is 22.2. The molecule has 8 heteroatoms. The van der Waals surface area contributed by atoms with Crippen LogP contribution in [0.4, 0.5) is 9.59 Å². The predicted octanol–water partition coefficient (Wildman–Crippen LogP) is 3.23. The highest BCUT2D eigenvalue weighted by molar-refractivity contribution is 5.79. The highest BCUT2D eigenvalue weighted by atomic mass is 16.6. The lowest BCUT2D eigenvalue weighted by Crippen LogP contribution is -2.41. The minimum atomic E-state index is -1.18. The van der Waals surface area contributed by atoms with Crippen LogP contribution in [0.3, 0.4) is 0 Å². The summed E-state index contributed by atoms with van der Waals surface area (Å²) >= 11 is 0. The molecule has 31 heavy (non-hydrogen) atoms. The Hall–Kier alpha value is -3.81. The van der Waals surface area contributed by atoms with Crippen molar-refractivity contribution in [1.82, 2.24) is 10.2 Å². The molecule has 1 aliphatic rings. The molecule has 2 aromatic carbocycles. The number of hydrogen-bond donors (Lipinski definition) is 2. The fourth-order valence-corrected chi connectivity index (χ4v) is 3.56. The van der Waals surface area contributed by atoms with Crippen molar-refractivity contribution < 1.29 is 29.0 Å². The number of nitrogens with zero attached hydrogens (tertiary/aromatic N) is 1. The van der Waals surface area contributed by atoms with Gasteiger partial charge in [0.1, 0.15) is 19.8 Å². The number of alkyl carbamates (subject to hydrolysis) is 1. The lowest BCUT2D eigenvalue weighted by Gasteiger charge is -2.20. The second-order valence-corrected chi connectivity index (χ2v) is 6.93. The van der Waals surface area contributed by atoms with Gasteiger partial charge in [0, 0.05) is 19.0 Å². The summed E-state index contributed by atoms with van der Waals surface area (Å²) in [5.41, 5.74) is 4.48. The van der Waals surface area contributed by atoms with E-state index in [4.69, 9.17) is 14.6 Å². The Bertz CT molecular complexity index is 929. The Labute approximate surface area is 180 Å². The molecular formula is C23H24N2O6. The van der Waals surface area contributed by atoms with Crippen LogP contribution < -0.4 is 5.32 Å². The third kappa shape index (κ3) is 5.42. The van der Waals surface area contributed by atoms with Gasteiger partial charge in [0.05, 0.1) is 0 Å². The molecule has 0 aliphatic heterocycles. The Balaban J connectivity index is 1.53. The number of benzene rings is 2. The molecule has 0 heterocycles. The molecule has 0 radical (unpaired) electrons. The van der Waals surface area contributed by atoms with Crippen LogP contribution in [0.2, 0.25) is 0 Å². The number of nitrogens with one attached hydrogen (secondary N) is 1. The van der Waals surface area contributed by atoms with E-state index in [1.165, 1.54) is 6.08 Å². The summed E-state index contributed by atoms with van der Waals surface area (Å²) in [5.74, 6) is -1.24. The normalized spacial score (nSPS) is 11.7. The number of fused-ring (bicyclic) bond motifs is 3. The molecule has 2 amide bonds. The van der Waals surface area contributed by atoms with Gasteiger partial charge >= 0.3 is 18.2 Å². The van der Waals surface area contributed by atoms with E-state index in [2.05, 4.69) is 24.0 Å². The van der Waals surface area contributed by atoms with Gasteiger partial charge in [-0.3, -0.25) is 9.69 Å². The third-order valence-electron chi connectivity index (χ3n) is 4.90. The van der Waals surface area contributed by atoms with Crippen molar-refractivity contribution in [3.63, 3.8) is 0 Å². The first-order valence-corrected chi connectivity index (χ1v) is 9.84. The molecule has 3 rings (SSSR count). The van der Waals surface area contributed by atoms with Crippen LogP contribution in [-0.2, 0) is 14.3 Å². The number of rotatable bonds is 9. The Morgan fingerprint density at radius 2 is 1.65 bits per heavy atom. The Morgan fingerprint density at radius 1 is 1.03 bits per heavy atom. The summed E-state index contributed by atoms with van der Waals surface area (Å²) in [7, 11) is 0. The molecule has 0 bridgehead atoms. The molecule has 2 N–H and O–H groups in total. The summed E-state index contributed by atoms with van der Waals surface area (Å²) in [6.07, 6.45) is -0.0561. The van der Waals surface area contributed by atoms with Gasteiger partial charge in [0.15, 0.2) is 0 Å². The first kappa shape index (κ1) is 21.9. The monoisotopic (exact) mass is 424 g/mol. The first-order chi connectivity index (χ1) is 15.0. The van der Waals surface area contributed by atoms with Crippen LogP contribution in [0.25, 0.3) is 11.1 Å². The number of amides is 2. The van der Waals surface area contributed by atoms with E-state index in [1.807, 2.05) is 36.4 Å². The minimum Gasteiger partial charge on any atom is -0.480 e. The van der Waals surface area contributed by atoms with Crippen molar-refractivity contribution in [2.24, 2.45) is 0 Å². The molecule has 0 saturated heterocycles. The lowest BCUT2D eigenvalue weighted by molar-refractivity contribution is -0.137. The quantitative estimate of drug-likeness (QED) is 0.599. The number of aliphatic carboxylic acids is 1. The van der Waals surface area contributed by atoms with Crippen molar-refractivity contribution in [3.8, 4) is 11.1 Å². The van der Waals surface area contributed by atoms with Crippen molar-refractivity contribution in [1.29, 1.82) is 0 Å². The van der Waals surface area contributed by atoms with Gasteiger partial charge < -0.3 is 19.9 Å². The van der Waals surface area contributed by atoms with Crippen LogP contribution in [0.5, 0.6) is 0 Å². The molecule has 8 nitrogen and oxygen atoms in total. The highest BCUT2D eigenvalue weighted by Gasteiger charge is 2.29. The lowest BCUT2D eigenvalue weighted by atomic mass is 9.98. The molecule has 0 spiro atoms. The highest BCUT2D eigenvalue weighted by Crippen LogP contribution is 2.44. The standard InChI is InChI=1S/C23H24N2O6/c1-2-13-30-23(29)25(14-21(26)27)12-11-24-22(28)31-15-20-18-9-5-3-7-16(18)17-8-4-6-10-19(17)20/h2-10,20H,1,11-15H2,(H,24,28)(H,26,27). The maximum absolute atomic E-state index is 12.2. The number of carboxylic acid groups (broad SMARTS) is 1. The molecule has 162 valence electrons. The Kier molecular flexibility index (Phi) is 7.26. The fraction of sp³-hybridized carbons (Fsp3) is 0.261. The largest absolute Gasteiger partial charge is 0.480 e. The van der Waals surface area contributed by atoms with E-state index in [9.17, 15) is 14.4 Å². The van der Waals surface area contributed by atoms with Crippen molar-refractivity contribution >= 4 is 18.2 Å². The van der Waals surface area contributed by atoms with E-state index in [0.29, 0.717) is 0 Å². The Morgan fingerprint density at radius 3 is 2.23 bits per heavy atom. The van der Waals surface area contributed by atoms with E-state index < -0.39 is 24.7 Å². The van der Waals surface area contributed by atoms with E-state index in [-0.39, 0.29) is 32.2 Å². The van der Waals surface area contributed by atoms with Gasteiger partial charge in [-0.2, -0.15) is 0 Å². The summed E-state index contributed by atoms with van der Waals surface area (Å²) in [5, 5.41) is 11.5. The average molecular weight is 424 g/mol. The number of hydrogen-bond acceptors (Lipinski definition) is 5. The first-order valence-electron chi connectivity index (χ1n) is 9.84. The zero-order valence-electron chi connectivity index (χ0n) is 17.0. The molecule has 0 unspecified atom stereocenters. The molecule has 1 aliphatic carbocycles. The zero-order valence-corrected chi connectivity index (χ0v) is 17.0. The van der Waals surface area contributed by atoms with Crippen LogP contribution in [0, 0.1) is 0 Å². The van der Waals surface area contributed by atoms with E-state index in [1.54, 1.807) is 0 Å². The molecule has 0 aromatic heterocycles. The van der Waals surface area contributed by atoms with E-state index >= 15 is 0 Å². The van der Waals surface area contributed by atoms with Crippen LogP contribution in [0.1, 0.15) is 17.0 Å². The van der Waals surface area contributed by atoms with Crippen LogP contribution in [0.15, 0.2) is 61.2 Å². The number of carbonyl (C=O) groups excluding carboxylic acids is 2. The number of carboxylic acids is 1. The third-order valence-corrected chi connectivity index (χ3v) is 4.90. The summed E-state index contributed by atoms with van der Waals surface area (Å²) in [6, 6.07) is 16.0. The molecule has 2 aromatic rings. The van der Waals surface area contributed by atoms with Gasteiger partial charge in [-0.25, -0.2) is 9.59 Å². The maximum Gasteiger partial charge on any atom is 0.410 e. The predicted molar refractivity (Wildman–Crippen MR) is 114 cm³/mol. The van der Waals surface area contributed by atoms with Crippen molar-refractivity contribution in [2.75, 3.05) is 32.8 Å². The van der Waals surface area contributed by atoms with E-state index in [0.717, 1.165) is 27.2 Å². The molecular weight excluding hydrogens is 400 g/mol. The second-order valence-electron chi connectivity index (χ2n) is 6.93. The SMILES string of the molecule is C=CCOC(=O)N(CCNC(=O)OCC1c2ccccc2-c2ccccc21)CC(=O)O. The molecule has 0 fully saturated rings. The van der Waals surface area contributed by atoms with Crippen LogP contribution >= 0.6 is 0 Å². The van der Waals surface area contributed by atoms with Gasteiger partial charge in [0.2, 0.25) is 0 Å². The second kappa shape index (κ2) is 10.3. The summed E-state index contributed by atoms with van der Waals surface area (Å²) in [6.45, 7) is 3.01. The van der Waals surface area contributed by atoms with Gasteiger partial charge in [-0.15, -0.1) is 0 Å². The summed E-state index contributed by atoms with van der Waals surface area (Å²) < 4.78 is 10.3. The molecule has 0 atom stereocenters. The topological polar surface area (TPSA) is 105 Å². The fourth-order valence-electron chi connectivity index (χ4n) is 3.56. The number of ether oxygens (including phenoxy) is 2. The number of carbonyl (C=O) groups is 3. The van der Waals surface area contributed by atoms with Crippen molar-refractivity contribution in [3.05, 3.63) is 72.3 Å². The van der Waals surface area contributed by atoms with Gasteiger partial charge in [-0.05, 0) is 22.3 Å². The minimum absolute atomic E-state index is 0.0210. The maximum atomic E-state index is 12.2. The summed E-state index contributed by atoms with van der Waals surface area (Å²) in [4.78, 5) is 36.0. The molecule has 0 saturated carbocycles. The van der Waals surface area contributed by atoms with Crippen molar-refractivity contribution in [2.45, 2.75) is 5.92 Å². The van der Waals surface area contributed by atoms with Gasteiger partial charge in [0.25, 0.3) is 0 Å². The average Bonchev–Trinajstić information content (AvgIpc) is 3.09. The van der Waals surface area contributed by atoms with Gasteiger partial charge in [-0.1, -0.05) is 61.2 Å².